The molecule has 0 amide bonds. The van der Waals surface area contributed by atoms with Crippen molar-refractivity contribution in [2.45, 2.75) is 26.7 Å². The van der Waals surface area contributed by atoms with E-state index in [0.717, 1.165) is 6.42 Å². The van der Waals surface area contributed by atoms with Crippen LogP contribution in [0.25, 0.3) is 5.57 Å². The summed E-state index contributed by atoms with van der Waals surface area (Å²) in [5, 5.41) is 0. The first kappa shape index (κ1) is 19.8. The summed E-state index contributed by atoms with van der Waals surface area (Å²) >= 11 is 0. The molecular weight excluding hydrogens is 360 g/mol. The van der Waals surface area contributed by atoms with Crippen molar-refractivity contribution >= 4 is 22.9 Å². The Kier molecular flexibility index (Phi) is 5.90. The van der Waals surface area contributed by atoms with E-state index < -0.39 is 11.6 Å². The molecule has 1 aliphatic rings. The van der Waals surface area contributed by atoms with E-state index in [1.807, 2.05) is 6.92 Å². The highest BCUT2D eigenvalue weighted by molar-refractivity contribution is 6.53. The second-order valence-corrected chi connectivity index (χ2v) is 6.56. The van der Waals surface area contributed by atoms with E-state index in [1.54, 1.807) is 38.3 Å². The first-order chi connectivity index (χ1) is 13.5. The largest absolute Gasteiger partial charge is 0.491 e. The lowest BCUT2D eigenvalue weighted by Gasteiger charge is -2.15. The lowest BCUT2D eigenvalue weighted by atomic mass is 9.84. The smallest absolute Gasteiger partial charge is 0.237 e. The molecule has 1 aliphatic carbocycles. The molecule has 0 fully saturated rings. The van der Waals surface area contributed by atoms with Crippen molar-refractivity contribution in [2.24, 2.45) is 0 Å². The predicted octanol–water partition coefficient (Wildman–Crippen LogP) is 3.87. The van der Waals surface area contributed by atoms with Crippen LogP contribution in [-0.4, -0.2) is 37.7 Å². The van der Waals surface area contributed by atoms with Crippen LogP contribution in [0.1, 0.15) is 58.7 Å². The second-order valence-electron chi connectivity index (χ2n) is 6.56. The average Bonchev–Trinajstić information content (AvgIpc) is 3.15. The molecule has 0 unspecified atom stereocenters. The Morgan fingerprint density at radius 1 is 1.07 bits per heavy atom. The lowest BCUT2D eigenvalue weighted by molar-refractivity contribution is -0.111. The van der Waals surface area contributed by atoms with Gasteiger partial charge in [0.25, 0.3) is 0 Å². The van der Waals surface area contributed by atoms with Gasteiger partial charge in [0, 0.05) is 23.8 Å². The van der Waals surface area contributed by atoms with Crippen molar-refractivity contribution in [1.29, 1.82) is 0 Å². The highest BCUT2D eigenvalue weighted by Gasteiger charge is 2.36. The van der Waals surface area contributed by atoms with Gasteiger partial charge in [0.2, 0.25) is 11.6 Å². The van der Waals surface area contributed by atoms with Crippen LogP contribution in [0.2, 0.25) is 0 Å². The first-order valence-corrected chi connectivity index (χ1v) is 9.16. The molecule has 28 heavy (non-hydrogen) atoms. The number of rotatable bonds is 8. The van der Waals surface area contributed by atoms with Gasteiger partial charge in [-0.3, -0.25) is 14.4 Å². The Morgan fingerprint density at radius 2 is 1.79 bits per heavy atom. The van der Waals surface area contributed by atoms with E-state index >= 15 is 0 Å². The molecule has 0 N–H and O–H groups in total. The summed E-state index contributed by atoms with van der Waals surface area (Å²) in [4.78, 5) is 37.9. The van der Waals surface area contributed by atoms with Crippen molar-refractivity contribution < 1.29 is 28.3 Å². The molecule has 0 saturated carbocycles. The number of benzene rings is 1. The van der Waals surface area contributed by atoms with Gasteiger partial charge in [0.15, 0.2) is 5.78 Å². The molecule has 6 nitrogen and oxygen atoms in total. The molecule has 0 aliphatic heterocycles. The zero-order valence-electron chi connectivity index (χ0n) is 16.2. The van der Waals surface area contributed by atoms with Gasteiger partial charge in [-0.05, 0) is 37.6 Å². The van der Waals surface area contributed by atoms with Crippen LogP contribution in [-0.2, 0) is 9.53 Å². The van der Waals surface area contributed by atoms with E-state index in [-0.39, 0.29) is 16.9 Å². The van der Waals surface area contributed by atoms with Crippen molar-refractivity contribution in [3.05, 3.63) is 58.6 Å². The summed E-state index contributed by atoms with van der Waals surface area (Å²) in [5.74, 6) is -0.688. The van der Waals surface area contributed by atoms with Gasteiger partial charge in [0.1, 0.15) is 24.4 Å². The zero-order chi connectivity index (χ0) is 20.3. The topological polar surface area (TPSA) is 82.8 Å². The van der Waals surface area contributed by atoms with Crippen LogP contribution in [0, 0.1) is 0 Å². The number of methoxy groups -OCH3 is 1. The molecule has 0 bridgehead atoms. The number of fused-ring (bicyclic) bond motifs is 1. The Balaban J connectivity index is 1.92. The summed E-state index contributed by atoms with van der Waals surface area (Å²) in [5.41, 5.74) is 1.66. The first-order valence-electron chi connectivity index (χ1n) is 9.16. The summed E-state index contributed by atoms with van der Waals surface area (Å²) in [6, 6.07) is 6.59. The van der Waals surface area contributed by atoms with Crippen molar-refractivity contribution in [3.8, 4) is 5.75 Å². The van der Waals surface area contributed by atoms with E-state index in [1.165, 1.54) is 6.26 Å². The number of carbonyl (C=O) groups is 3. The summed E-state index contributed by atoms with van der Waals surface area (Å²) in [6.45, 7) is 4.47. The fourth-order valence-electron chi connectivity index (χ4n) is 3.22. The number of furan rings is 1. The van der Waals surface area contributed by atoms with Gasteiger partial charge in [-0.25, -0.2) is 0 Å². The minimum absolute atomic E-state index is 0.0736. The van der Waals surface area contributed by atoms with Crippen LogP contribution < -0.4 is 4.74 Å². The normalized spacial score (nSPS) is 13.7. The van der Waals surface area contributed by atoms with Crippen LogP contribution in [0.5, 0.6) is 5.75 Å². The third kappa shape index (κ3) is 3.55. The number of ketones is 3. The van der Waals surface area contributed by atoms with Crippen LogP contribution in [0.3, 0.4) is 0 Å². The van der Waals surface area contributed by atoms with E-state index in [9.17, 15) is 14.4 Å². The minimum atomic E-state index is -0.691. The molecular formula is C22H22O6. The maximum Gasteiger partial charge on any atom is 0.237 e. The third-order valence-corrected chi connectivity index (χ3v) is 4.71. The van der Waals surface area contributed by atoms with Gasteiger partial charge in [-0.1, -0.05) is 13.3 Å². The molecule has 6 heteroatoms. The van der Waals surface area contributed by atoms with Gasteiger partial charge >= 0.3 is 0 Å². The maximum absolute atomic E-state index is 12.9. The maximum atomic E-state index is 12.9. The molecule has 0 atom stereocenters. The number of hydrogen-bond acceptors (Lipinski definition) is 6. The van der Waals surface area contributed by atoms with Crippen molar-refractivity contribution in [1.82, 2.24) is 0 Å². The molecule has 146 valence electrons. The lowest BCUT2D eigenvalue weighted by Crippen LogP contribution is -2.24. The van der Waals surface area contributed by atoms with Crippen LogP contribution in [0.15, 0.2) is 40.5 Å². The second kappa shape index (κ2) is 8.35. The van der Waals surface area contributed by atoms with E-state index in [0.29, 0.717) is 47.9 Å². The van der Waals surface area contributed by atoms with Crippen molar-refractivity contribution in [2.75, 3.05) is 20.3 Å². The number of carbonyl (C=O) groups excluding carboxylic acids is 3. The zero-order valence-corrected chi connectivity index (χ0v) is 16.2. The van der Waals surface area contributed by atoms with Crippen LogP contribution >= 0.6 is 0 Å². The summed E-state index contributed by atoms with van der Waals surface area (Å²) < 4.78 is 16.0. The molecule has 1 aromatic carbocycles. The number of hydrogen-bond donors (Lipinski definition) is 0. The SMILES string of the molecule is CCCC1=C(C)C(=O)C(=O)c2c(C(=O)c3ccc(OCCOC)cc3)coc21. The average molecular weight is 382 g/mol. The highest BCUT2D eigenvalue weighted by atomic mass is 16.5. The van der Waals surface area contributed by atoms with E-state index in [4.69, 9.17) is 13.9 Å². The summed E-state index contributed by atoms with van der Waals surface area (Å²) in [7, 11) is 1.59. The fraction of sp³-hybridized carbons (Fsp3) is 0.318. The molecule has 2 aromatic rings. The number of ether oxygens (including phenoxy) is 2. The summed E-state index contributed by atoms with van der Waals surface area (Å²) in [6.07, 6.45) is 2.67. The Morgan fingerprint density at radius 3 is 2.43 bits per heavy atom. The minimum Gasteiger partial charge on any atom is -0.491 e. The Labute approximate surface area is 163 Å². The quantitative estimate of drug-likeness (QED) is 0.391. The Bertz CT molecular complexity index is 946. The molecule has 0 saturated heterocycles. The van der Waals surface area contributed by atoms with Gasteiger partial charge < -0.3 is 13.9 Å². The van der Waals surface area contributed by atoms with Crippen LogP contribution in [0.4, 0.5) is 0 Å². The number of allylic oxidation sites excluding steroid dienone is 2. The number of Topliss-reactive ketones (excluding diaryl/α,β-unsaturated/α-hetero) is 2. The fourth-order valence-corrected chi connectivity index (χ4v) is 3.22. The molecule has 1 heterocycles. The van der Waals surface area contributed by atoms with Gasteiger partial charge in [-0.15, -0.1) is 0 Å². The molecule has 1 aromatic heterocycles. The standard InChI is InChI=1S/C22H22O6/c1-4-5-16-13(2)19(23)21(25)18-17(12-28-22(16)18)20(24)14-6-8-15(9-7-14)27-11-10-26-3/h6-9,12H,4-5,10-11H2,1-3H3. The van der Waals surface area contributed by atoms with Crippen molar-refractivity contribution in [3.63, 3.8) is 0 Å². The highest BCUT2D eigenvalue weighted by Crippen LogP contribution is 2.36. The Hall–Kier alpha value is -2.99. The third-order valence-electron chi connectivity index (χ3n) is 4.71. The monoisotopic (exact) mass is 382 g/mol. The molecule has 3 rings (SSSR count). The molecule has 0 spiro atoms. The molecule has 0 radical (unpaired) electrons. The van der Waals surface area contributed by atoms with E-state index in [2.05, 4.69) is 0 Å². The van der Waals surface area contributed by atoms with Gasteiger partial charge in [-0.2, -0.15) is 0 Å². The predicted molar refractivity (Wildman–Crippen MR) is 103 cm³/mol. The van der Waals surface area contributed by atoms with Gasteiger partial charge in [0.05, 0.1) is 17.7 Å².